The molecule has 3 rings (SSSR count). The van der Waals surface area contributed by atoms with Crippen molar-refractivity contribution in [1.29, 1.82) is 0 Å². The van der Waals surface area contributed by atoms with Gasteiger partial charge in [-0.3, -0.25) is 0 Å². The Hall–Kier alpha value is 0.591. The average Bonchev–Trinajstić information content (AvgIpc) is 3.13. The molecule has 0 unspecified atom stereocenters. The van der Waals surface area contributed by atoms with Gasteiger partial charge in [-0.25, -0.2) is 28.5 Å². The largest absolute Gasteiger partial charge is 1.00 e. The van der Waals surface area contributed by atoms with Crippen LogP contribution in [0.1, 0.15) is 28.5 Å². The molecule has 2 aromatic carbocycles. The zero-order chi connectivity index (χ0) is 19.8. The molecule has 3 nitrogen and oxygen atoms in total. The van der Waals surface area contributed by atoms with E-state index >= 15 is 0 Å². The van der Waals surface area contributed by atoms with Crippen LogP contribution in [0.4, 0.5) is 0 Å². The van der Waals surface area contributed by atoms with E-state index in [2.05, 4.69) is 68.9 Å². The number of hydrogen-bond acceptors (Lipinski definition) is 3. The van der Waals surface area contributed by atoms with Gasteiger partial charge in [-0.2, -0.15) is 30.5 Å². The van der Waals surface area contributed by atoms with E-state index in [-0.39, 0.29) is 111 Å². The number of aryl methyl sites for hydroxylation is 1. The molecular weight excluding hydrogens is 715 g/mol. The summed E-state index contributed by atoms with van der Waals surface area (Å²) in [4.78, 5) is 13.8. The number of thiazole rings is 1. The third-order valence-corrected chi connectivity index (χ3v) is 5.16. The molecule has 0 atom stereocenters. The molecule has 0 fully saturated rings. The molecule has 150 valence electrons. The first-order valence-corrected chi connectivity index (χ1v) is 9.16. The monoisotopic (exact) mass is 736 g/mol. The van der Waals surface area contributed by atoms with E-state index < -0.39 is 0 Å². The summed E-state index contributed by atoms with van der Waals surface area (Å²) >= 11 is 1.69. The molecule has 0 saturated carbocycles. The second kappa shape index (κ2) is 17.1. The Morgan fingerprint density at radius 3 is 2.47 bits per heavy atom. The Balaban J connectivity index is 0. The Morgan fingerprint density at radius 1 is 1.30 bits per heavy atom. The van der Waals surface area contributed by atoms with Crippen molar-refractivity contribution in [3.8, 4) is 10.6 Å². The van der Waals surface area contributed by atoms with Gasteiger partial charge in [-0.15, -0.1) is 18.3 Å². The molecule has 30 heavy (non-hydrogen) atoms. The molecule has 0 aliphatic carbocycles. The molecule has 0 spiro atoms. The number of aliphatic hydroxyl groups excluding tert-OH is 1. The standard InChI is InChI=1S/C22H20NS.CHO2.Rb.Re.Y/c1-15-10-11-20(12-16(15)2)18(4)17(3)13-21-14-23-22(24-21)19-8-6-5-7-9-19;2-1-3;;;/h5-12H,2,4,13H2,1,3H3;(H,2,3);;;/q-3;-1;+1;;. The fourth-order valence-corrected chi connectivity index (χ4v) is 3.47. The number of rotatable bonds is 5. The third kappa shape index (κ3) is 10.0. The minimum Gasteiger partial charge on any atom is -0.665 e. The van der Waals surface area contributed by atoms with Gasteiger partial charge in [0.1, 0.15) is 0 Å². The molecule has 0 saturated heterocycles. The fraction of sp³-hybridized carbons (Fsp3) is 0.130. The maximum Gasteiger partial charge on any atom is 1.00 e. The molecule has 2 radical (unpaired) electrons. The molecule has 0 aliphatic heterocycles. The van der Waals surface area contributed by atoms with Gasteiger partial charge < -0.3 is 14.9 Å². The van der Waals surface area contributed by atoms with Gasteiger partial charge >= 0.3 is 58.2 Å². The second-order valence-electron chi connectivity index (χ2n) is 6.09. The van der Waals surface area contributed by atoms with Gasteiger partial charge in [0.05, 0.1) is 0 Å². The summed E-state index contributed by atoms with van der Waals surface area (Å²) in [6.45, 7) is 13.0. The van der Waals surface area contributed by atoms with Gasteiger partial charge in [-0.05, 0) is 5.01 Å². The molecule has 0 bridgehead atoms. The minimum atomic E-state index is 0. The minimum absolute atomic E-state index is 0. The Kier molecular flexibility index (Phi) is 18.7. The van der Waals surface area contributed by atoms with E-state index in [0.717, 1.165) is 38.6 Å². The van der Waals surface area contributed by atoms with Crippen LogP contribution in [0.15, 0.2) is 55.1 Å². The van der Waals surface area contributed by atoms with E-state index in [1.165, 1.54) is 11.5 Å². The SMILES string of the molecule is C=C(c1ccc(C)c([CH2-])c1)[C-](C)Cc1[c-]nc(-c2ccccc2)s1.O=[C-]O.[Rb+].[Re].[Y]. The number of nitrogens with zero attached hydrogens (tertiary/aromatic N) is 1. The average molecular weight is 736 g/mol. The Bertz CT molecular complexity index is 919. The van der Waals surface area contributed by atoms with Crippen molar-refractivity contribution >= 4 is 23.4 Å². The number of aromatic nitrogens is 1. The summed E-state index contributed by atoms with van der Waals surface area (Å²) in [5, 5.41) is 7.78. The summed E-state index contributed by atoms with van der Waals surface area (Å²) in [5.41, 5.74) is 5.59. The first kappa shape index (κ1) is 32.8. The molecule has 0 aliphatic rings. The van der Waals surface area contributed by atoms with E-state index in [9.17, 15) is 0 Å². The van der Waals surface area contributed by atoms with Crippen molar-refractivity contribution in [2.24, 2.45) is 0 Å². The Morgan fingerprint density at radius 2 is 1.90 bits per heavy atom. The van der Waals surface area contributed by atoms with Crippen molar-refractivity contribution < 1.29 is 121 Å². The van der Waals surface area contributed by atoms with Crippen LogP contribution in [0.3, 0.4) is 0 Å². The predicted octanol–water partition coefficient (Wildman–Crippen LogP) is 2.56. The topological polar surface area (TPSA) is 50.2 Å². The van der Waals surface area contributed by atoms with Gasteiger partial charge in [0.25, 0.3) is 0 Å². The van der Waals surface area contributed by atoms with Crippen molar-refractivity contribution in [3.05, 3.63) is 95.7 Å². The van der Waals surface area contributed by atoms with E-state index in [0.29, 0.717) is 6.47 Å². The smallest absolute Gasteiger partial charge is 0.665 e. The first-order valence-electron chi connectivity index (χ1n) is 8.35. The van der Waals surface area contributed by atoms with Crippen LogP contribution in [-0.2, 0) is 64.3 Å². The van der Waals surface area contributed by atoms with Gasteiger partial charge in [0.15, 0.2) is 0 Å². The number of benzene rings is 2. The van der Waals surface area contributed by atoms with Gasteiger partial charge in [0, 0.05) is 53.1 Å². The molecule has 1 N–H and O–H groups in total. The van der Waals surface area contributed by atoms with Crippen LogP contribution in [-0.4, -0.2) is 16.6 Å². The van der Waals surface area contributed by atoms with Gasteiger partial charge in [-0.1, -0.05) is 67.5 Å². The quantitative estimate of drug-likeness (QED) is 0.411. The molecule has 3 aromatic rings. The summed E-state index contributed by atoms with van der Waals surface area (Å²) in [7, 11) is 0. The summed E-state index contributed by atoms with van der Waals surface area (Å²) in [5.74, 6) is 1.23. The van der Waals surface area contributed by atoms with Crippen LogP contribution in [0.2, 0.25) is 0 Å². The zero-order valence-corrected chi connectivity index (χ0v) is 28.7. The van der Waals surface area contributed by atoms with Gasteiger partial charge in [0.2, 0.25) is 0 Å². The molecular formula is C23H21NO2RbReSY-3. The normalized spacial score (nSPS) is 8.87. The number of hydrogen-bond donors (Lipinski definition) is 1. The van der Waals surface area contributed by atoms with E-state index in [1.54, 1.807) is 11.3 Å². The maximum atomic E-state index is 8.24. The summed E-state index contributed by atoms with van der Waals surface area (Å²) in [6.07, 6.45) is 3.98. The van der Waals surface area contributed by atoms with Crippen molar-refractivity contribution in [2.45, 2.75) is 20.3 Å². The number of allylic oxidation sites excluding steroid dienone is 1. The molecule has 0 amide bonds. The first-order chi connectivity index (χ1) is 13.0. The maximum absolute atomic E-state index is 8.24. The third-order valence-electron chi connectivity index (χ3n) is 4.16. The van der Waals surface area contributed by atoms with Crippen LogP contribution in [0.5, 0.6) is 0 Å². The molecule has 7 heteroatoms. The summed E-state index contributed by atoms with van der Waals surface area (Å²) in [6, 6.07) is 16.5. The molecule has 1 heterocycles. The predicted molar refractivity (Wildman–Crippen MR) is 112 cm³/mol. The Labute approximate surface area is 271 Å². The van der Waals surface area contributed by atoms with Crippen LogP contribution in [0, 0.1) is 26.0 Å². The van der Waals surface area contributed by atoms with Crippen LogP contribution in [0.25, 0.3) is 16.1 Å². The van der Waals surface area contributed by atoms with Crippen LogP contribution >= 0.6 is 11.3 Å². The second-order valence-corrected chi connectivity index (χ2v) is 7.17. The van der Waals surface area contributed by atoms with Crippen molar-refractivity contribution in [3.63, 3.8) is 0 Å². The van der Waals surface area contributed by atoms with Crippen LogP contribution < -0.4 is 58.2 Å². The zero-order valence-electron chi connectivity index (χ0n) is 17.4. The van der Waals surface area contributed by atoms with Crippen molar-refractivity contribution in [2.75, 3.05) is 0 Å². The van der Waals surface area contributed by atoms with E-state index in [1.807, 2.05) is 18.2 Å². The molecule has 1 aromatic heterocycles. The van der Waals surface area contributed by atoms with E-state index in [4.69, 9.17) is 9.90 Å². The summed E-state index contributed by atoms with van der Waals surface area (Å²) < 4.78 is 0. The van der Waals surface area contributed by atoms with Crippen molar-refractivity contribution in [1.82, 2.24) is 4.98 Å². The fourth-order valence-electron chi connectivity index (χ4n) is 2.51.